The van der Waals surface area contributed by atoms with Gasteiger partial charge in [0.2, 0.25) is 0 Å². The van der Waals surface area contributed by atoms with Gasteiger partial charge in [0, 0.05) is 0 Å². The van der Waals surface area contributed by atoms with Crippen LogP contribution >= 0.6 is 0 Å². The first-order valence-electron chi connectivity index (χ1n) is 7.84. The molecule has 3 aromatic rings. The summed E-state index contributed by atoms with van der Waals surface area (Å²) in [6, 6.07) is 26.1. The summed E-state index contributed by atoms with van der Waals surface area (Å²) in [5.41, 5.74) is 3.26. The molecule has 0 aliphatic carbocycles. The van der Waals surface area contributed by atoms with Crippen molar-refractivity contribution in [2.45, 2.75) is 19.3 Å². The molecule has 0 heterocycles. The van der Waals surface area contributed by atoms with E-state index in [1.54, 1.807) is 0 Å². The largest absolute Gasteiger partial charge is 2.00 e. The number of methoxy groups -OCH3 is 1. The molecule has 24 heavy (non-hydrogen) atoms. The maximum Gasteiger partial charge on any atom is 2.00 e. The number of hydrogen-bond acceptors (Lipinski definition) is 2. The van der Waals surface area contributed by atoms with Crippen molar-refractivity contribution in [1.29, 1.82) is 0 Å². The molecule has 0 aliphatic heterocycles. The molecule has 0 fully saturated rings. The Morgan fingerprint density at radius 2 is 1.67 bits per heavy atom. The Morgan fingerprint density at radius 3 is 2.17 bits per heavy atom. The molecule has 0 atom stereocenters. The average Bonchev–Trinajstić information content (AvgIpc) is 3.31. The summed E-state index contributed by atoms with van der Waals surface area (Å²) in [6.07, 6.45) is 3.26. The van der Waals surface area contributed by atoms with Crippen LogP contribution in [0.3, 0.4) is 0 Å². The topological polar surface area (TPSA) is 26.3 Å². The van der Waals surface area contributed by atoms with Crippen molar-refractivity contribution in [2.24, 2.45) is 0 Å². The number of ether oxygens (including phenoxy) is 1. The summed E-state index contributed by atoms with van der Waals surface area (Å²) in [7, 11) is 1.40. The summed E-state index contributed by atoms with van der Waals surface area (Å²) in [4.78, 5) is 11.3. The Balaban J connectivity index is 0.000000412. The third-order valence-electron chi connectivity index (χ3n) is 3.59. The van der Waals surface area contributed by atoms with Gasteiger partial charge in [0.05, 0.1) is 12.7 Å². The van der Waals surface area contributed by atoms with E-state index >= 15 is 0 Å². The molecule has 0 bridgehead atoms. The van der Waals surface area contributed by atoms with E-state index in [-0.39, 0.29) is 23.0 Å². The van der Waals surface area contributed by atoms with E-state index in [1.807, 2.05) is 54.6 Å². The third kappa shape index (κ3) is 6.99. The minimum Gasteiger partial charge on any atom is -0.465 e. The van der Waals surface area contributed by atoms with Crippen molar-refractivity contribution >= 4 is 5.97 Å². The van der Waals surface area contributed by atoms with E-state index in [0.29, 0.717) is 5.56 Å². The number of aryl methyl sites for hydroxylation is 2. The molecule has 3 heteroatoms. The molecule has 0 aliphatic rings. The molecule has 0 aromatic heterocycles. The van der Waals surface area contributed by atoms with Crippen LogP contribution in [0, 0.1) is 0 Å². The van der Waals surface area contributed by atoms with Crippen molar-refractivity contribution in [2.75, 3.05) is 7.11 Å². The van der Waals surface area contributed by atoms with E-state index < -0.39 is 0 Å². The quantitative estimate of drug-likeness (QED) is 0.371. The third-order valence-corrected chi connectivity index (χ3v) is 3.59. The van der Waals surface area contributed by atoms with E-state index in [0.717, 1.165) is 19.3 Å². The fourth-order valence-electron chi connectivity index (χ4n) is 2.32. The Kier molecular flexibility index (Phi) is 9.52. The van der Waals surface area contributed by atoms with Gasteiger partial charge in [0.1, 0.15) is 0 Å². The number of esters is 1. The molecular weight excluding hydrogens is 340 g/mol. The summed E-state index contributed by atoms with van der Waals surface area (Å²) in [6.45, 7) is 0. The SMILES string of the molecule is COC(=O)c1ccc(CCC[c-]2cccc2)cc1.[Fe+2].c1cc[cH-]c1. The van der Waals surface area contributed by atoms with Gasteiger partial charge in [-0.1, -0.05) is 25.0 Å². The van der Waals surface area contributed by atoms with Crippen LogP contribution in [0.15, 0.2) is 78.9 Å². The van der Waals surface area contributed by atoms with E-state index in [9.17, 15) is 4.79 Å². The van der Waals surface area contributed by atoms with Crippen molar-refractivity contribution in [3.05, 3.63) is 95.6 Å². The van der Waals surface area contributed by atoms with Crippen LogP contribution in [-0.4, -0.2) is 13.1 Å². The minimum atomic E-state index is -0.279. The van der Waals surface area contributed by atoms with Gasteiger partial charge in [0.15, 0.2) is 0 Å². The summed E-state index contributed by atoms with van der Waals surface area (Å²) >= 11 is 0. The van der Waals surface area contributed by atoms with Crippen LogP contribution in [0.5, 0.6) is 0 Å². The van der Waals surface area contributed by atoms with Gasteiger partial charge < -0.3 is 4.74 Å². The monoisotopic (exact) mass is 362 g/mol. The molecule has 0 saturated carbocycles. The number of carbonyl (C=O) groups excluding carboxylic acids is 1. The fraction of sp³-hybridized carbons (Fsp3) is 0.190. The minimum absolute atomic E-state index is 0. The van der Waals surface area contributed by atoms with Gasteiger partial charge >= 0.3 is 23.0 Å². The normalized spacial score (nSPS) is 9.38. The molecule has 0 unspecified atom stereocenters. The first-order chi connectivity index (χ1) is 11.3. The van der Waals surface area contributed by atoms with Gasteiger partial charge in [0.25, 0.3) is 0 Å². The second-order valence-corrected chi connectivity index (χ2v) is 5.30. The van der Waals surface area contributed by atoms with Crippen molar-refractivity contribution in [3.63, 3.8) is 0 Å². The van der Waals surface area contributed by atoms with E-state index in [4.69, 9.17) is 0 Å². The first-order valence-corrected chi connectivity index (χ1v) is 7.84. The van der Waals surface area contributed by atoms with Gasteiger partial charge in [-0.05, 0) is 24.1 Å². The van der Waals surface area contributed by atoms with Crippen LogP contribution in [0.25, 0.3) is 0 Å². The number of rotatable bonds is 5. The predicted octanol–water partition coefficient (Wildman–Crippen LogP) is 4.77. The van der Waals surface area contributed by atoms with Crippen molar-refractivity contribution in [3.8, 4) is 0 Å². The molecule has 3 rings (SSSR count). The number of benzene rings is 1. The maximum absolute atomic E-state index is 11.3. The first kappa shape index (κ1) is 20.0. The van der Waals surface area contributed by atoms with Crippen LogP contribution in [0.4, 0.5) is 0 Å². The molecule has 126 valence electrons. The molecule has 3 aromatic carbocycles. The second kappa shape index (κ2) is 11.4. The Labute approximate surface area is 154 Å². The fourth-order valence-corrected chi connectivity index (χ4v) is 2.32. The Morgan fingerprint density at radius 1 is 1.04 bits per heavy atom. The van der Waals surface area contributed by atoms with Crippen molar-refractivity contribution < 1.29 is 26.6 Å². The summed E-state index contributed by atoms with van der Waals surface area (Å²) < 4.78 is 4.67. The zero-order valence-corrected chi connectivity index (χ0v) is 14.9. The van der Waals surface area contributed by atoms with E-state index in [2.05, 4.69) is 29.0 Å². The maximum atomic E-state index is 11.3. The standard InChI is InChI=1S/C16H17O2.C5H5.Fe/c1-18-16(17)15-11-9-14(10-12-15)8-4-7-13-5-2-3-6-13;1-2-4-5-3-1;/h2-3,5-6,9-12H,4,7-8H2,1H3;1-5H;/q2*-1;+2. The smallest absolute Gasteiger partial charge is 0.465 e. The second-order valence-electron chi connectivity index (χ2n) is 5.30. The van der Waals surface area contributed by atoms with Crippen LogP contribution in [-0.2, 0) is 34.6 Å². The van der Waals surface area contributed by atoms with Gasteiger partial charge in [-0.15, -0.1) is 0 Å². The average molecular weight is 362 g/mol. The van der Waals surface area contributed by atoms with Gasteiger partial charge in [-0.3, -0.25) is 0 Å². The van der Waals surface area contributed by atoms with Crippen molar-refractivity contribution in [1.82, 2.24) is 0 Å². The molecule has 2 nitrogen and oxygen atoms in total. The molecular formula is C21H22FeO2. The zero-order chi connectivity index (χ0) is 16.3. The molecule has 0 N–H and O–H groups in total. The zero-order valence-electron chi connectivity index (χ0n) is 13.8. The molecule has 0 radical (unpaired) electrons. The Bertz CT molecular complexity index is 635. The van der Waals surface area contributed by atoms with E-state index in [1.165, 1.54) is 18.2 Å². The number of carbonyl (C=O) groups is 1. The number of hydrogen-bond donors (Lipinski definition) is 0. The summed E-state index contributed by atoms with van der Waals surface area (Å²) in [5.74, 6) is -0.279. The van der Waals surface area contributed by atoms with Gasteiger partial charge in [-0.2, -0.15) is 35.9 Å². The van der Waals surface area contributed by atoms with Crippen LogP contribution in [0.1, 0.15) is 27.9 Å². The van der Waals surface area contributed by atoms with Gasteiger partial charge in [-0.25, -0.2) is 29.1 Å². The van der Waals surface area contributed by atoms with Crippen LogP contribution < -0.4 is 0 Å². The summed E-state index contributed by atoms with van der Waals surface area (Å²) in [5, 5.41) is 0. The molecule has 0 spiro atoms. The Hall–Kier alpha value is -2.09. The predicted molar refractivity (Wildman–Crippen MR) is 93.9 cm³/mol. The molecule has 0 amide bonds. The van der Waals surface area contributed by atoms with Crippen LogP contribution in [0.2, 0.25) is 0 Å². The molecule has 0 saturated heterocycles.